The van der Waals surface area contributed by atoms with Crippen LogP contribution in [0.15, 0.2) is 36.4 Å². The van der Waals surface area contributed by atoms with Gasteiger partial charge in [0.15, 0.2) is 0 Å². The van der Waals surface area contributed by atoms with Gasteiger partial charge in [-0.05, 0) is 55.2 Å². The minimum absolute atomic E-state index is 0.0409. The average Bonchev–Trinajstić information content (AvgIpc) is 3.01. The minimum atomic E-state index is -0.933. The highest BCUT2D eigenvalue weighted by molar-refractivity contribution is 5.87. The van der Waals surface area contributed by atoms with E-state index in [9.17, 15) is 14.7 Å². The van der Waals surface area contributed by atoms with Crippen molar-refractivity contribution < 1.29 is 19.8 Å². The Hall–Kier alpha value is -2.14. The van der Waals surface area contributed by atoms with Crippen LogP contribution in [0.4, 0.5) is 0 Å². The third-order valence-corrected chi connectivity index (χ3v) is 6.46. The summed E-state index contributed by atoms with van der Waals surface area (Å²) in [5, 5.41) is 19.7. The maximum atomic E-state index is 12.3. The molecule has 2 atom stereocenters. The van der Waals surface area contributed by atoms with Crippen molar-refractivity contribution in [1.82, 2.24) is 4.90 Å². The van der Waals surface area contributed by atoms with Crippen LogP contribution in [0.2, 0.25) is 0 Å². The van der Waals surface area contributed by atoms with Crippen molar-refractivity contribution in [3.05, 3.63) is 47.5 Å². The fourth-order valence-corrected chi connectivity index (χ4v) is 4.57. The van der Waals surface area contributed by atoms with Crippen molar-refractivity contribution >= 4 is 11.9 Å². The fraction of sp³-hybridized carbons (Fsp3) is 0.565. The Morgan fingerprint density at radius 3 is 2.61 bits per heavy atom. The number of carboxylic acid groups (broad SMARTS) is 1. The van der Waals surface area contributed by atoms with Crippen LogP contribution in [0.3, 0.4) is 0 Å². The summed E-state index contributed by atoms with van der Waals surface area (Å²) in [6, 6.07) is 6.86. The summed E-state index contributed by atoms with van der Waals surface area (Å²) in [5.41, 5.74) is 1.33. The third-order valence-electron chi connectivity index (χ3n) is 6.46. The molecule has 152 valence electrons. The molecule has 1 aliphatic heterocycles. The van der Waals surface area contributed by atoms with Crippen molar-refractivity contribution in [1.29, 1.82) is 0 Å². The molecule has 2 aliphatic rings. The zero-order valence-corrected chi connectivity index (χ0v) is 16.6. The number of aromatic carboxylic acids is 1. The normalized spacial score (nSPS) is 22.4. The number of aliphatic hydroxyl groups is 1. The molecule has 1 saturated carbocycles. The number of likely N-dealkylation sites (tertiary alicyclic amines) is 1. The van der Waals surface area contributed by atoms with Gasteiger partial charge in [0.1, 0.15) is 0 Å². The number of nitrogens with zero attached hydrogens (tertiary/aromatic N) is 1. The average molecular weight is 386 g/mol. The molecule has 28 heavy (non-hydrogen) atoms. The van der Waals surface area contributed by atoms with Gasteiger partial charge >= 0.3 is 5.97 Å². The number of aliphatic hydroxyl groups excluding tert-OH is 1. The monoisotopic (exact) mass is 385 g/mol. The summed E-state index contributed by atoms with van der Waals surface area (Å²) in [6.45, 7) is 2.77. The molecule has 1 aromatic carbocycles. The Labute approximate surface area is 167 Å². The zero-order chi connectivity index (χ0) is 20.1. The first-order chi connectivity index (χ1) is 13.4. The molecule has 1 saturated heterocycles. The van der Waals surface area contributed by atoms with Gasteiger partial charge in [0, 0.05) is 13.0 Å². The van der Waals surface area contributed by atoms with Crippen molar-refractivity contribution in [3.63, 3.8) is 0 Å². The van der Waals surface area contributed by atoms with Gasteiger partial charge in [-0.15, -0.1) is 0 Å². The Kier molecular flexibility index (Phi) is 6.55. The van der Waals surface area contributed by atoms with Gasteiger partial charge in [-0.1, -0.05) is 44.1 Å². The molecule has 1 aliphatic carbocycles. The second-order valence-electron chi connectivity index (χ2n) is 8.24. The van der Waals surface area contributed by atoms with Gasteiger partial charge in [0.05, 0.1) is 17.7 Å². The molecule has 0 spiro atoms. The van der Waals surface area contributed by atoms with Crippen LogP contribution in [0, 0.1) is 5.41 Å². The summed E-state index contributed by atoms with van der Waals surface area (Å²) in [5.74, 6) is -0.782. The van der Waals surface area contributed by atoms with E-state index in [-0.39, 0.29) is 22.9 Å². The molecule has 0 radical (unpaired) electrons. The van der Waals surface area contributed by atoms with E-state index in [1.165, 1.54) is 6.42 Å². The van der Waals surface area contributed by atoms with Crippen LogP contribution < -0.4 is 0 Å². The third kappa shape index (κ3) is 4.46. The number of carboxylic acids is 1. The second-order valence-corrected chi connectivity index (χ2v) is 8.24. The molecule has 5 heteroatoms. The molecule has 2 N–H and O–H groups in total. The summed E-state index contributed by atoms with van der Waals surface area (Å²) >= 11 is 0. The Morgan fingerprint density at radius 2 is 2.04 bits per heavy atom. The van der Waals surface area contributed by atoms with Crippen molar-refractivity contribution in [3.8, 4) is 0 Å². The Morgan fingerprint density at radius 1 is 1.32 bits per heavy atom. The lowest BCUT2D eigenvalue weighted by Crippen LogP contribution is -2.40. The largest absolute Gasteiger partial charge is 0.478 e. The van der Waals surface area contributed by atoms with Crippen molar-refractivity contribution in [2.45, 2.75) is 70.4 Å². The highest BCUT2D eigenvalue weighted by Crippen LogP contribution is 2.48. The Bertz CT molecular complexity index is 721. The molecule has 1 amide bonds. The molecular weight excluding hydrogens is 354 g/mol. The first-order valence-electron chi connectivity index (χ1n) is 10.4. The van der Waals surface area contributed by atoms with Crippen LogP contribution in [-0.2, 0) is 11.2 Å². The standard InChI is InChI=1S/C23H31NO4/c1-2-13-23(14-3-15-23)20(25)10-8-19-9-11-21(26)24(19)16-12-17-4-6-18(7-5-17)22(27)28/h4-8,10,19-20,25H,2-3,9,11-16H2,1H3,(H,27,28). The van der Waals surface area contributed by atoms with Gasteiger partial charge in [-0.25, -0.2) is 4.79 Å². The smallest absolute Gasteiger partial charge is 0.335 e. The molecule has 5 nitrogen and oxygen atoms in total. The maximum Gasteiger partial charge on any atom is 0.335 e. The van der Waals surface area contributed by atoms with E-state index >= 15 is 0 Å². The van der Waals surface area contributed by atoms with E-state index in [1.807, 2.05) is 29.2 Å². The van der Waals surface area contributed by atoms with Crippen molar-refractivity contribution in [2.24, 2.45) is 5.41 Å². The number of benzene rings is 1. The van der Waals surface area contributed by atoms with Gasteiger partial charge in [-0.2, -0.15) is 0 Å². The molecule has 2 unspecified atom stereocenters. The van der Waals surface area contributed by atoms with E-state index in [0.717, 1.165) is 37.7 Å². The van der Waals surface area contributed by atoms with Crippen LogP contribution in [0.25, 0.3) is 0 Å². The lowest BCUT2D eigenvalue weighted by atomic mass is 9.62. The van der Waals surface area contributed by atoms with Crippen LogP contribution >= 0.6 is 0 Å². The topological polar surface area (TPSA) is 77.8 Å². The minimum Gasteiger partial charge on any atom is -0.478 e. The number of hydrogen-bond donors (Lipinski definition) is 2. The van der Waals surface area contributed by atoms with Crippen LogP contribution in [0.5, 0.6) is 0 Å². The summed E-state index contributed by atoms with van der Waals surface area (Å²) in [6.07, 6.45) is 11.1. The molecule has 1 heterocycles. The van der Waals surface area contributed by atoms with E-state index in [1.54, 1.807) is 12.1 Å². The first kappa shape index (κ1) is 20.6. The van der Waals surface area contributed by atoms with Crippen molar-refractivity contribution in [2.75, 3.05) is 6.54 Å². The summed E-state index contributed by atoms with van der Waals surface area (Å²) in [7, 11) is 0. The molecule has 3 rings (SSSR count). The predicted molar refractivity (Wildman–Crippen MR) is 108 cm³/mol. The fourth-order valence-electron chi connectivity index (χ4n) is 4.57. The zero-order valence-electron chi connectivity index (χ0n) is 16.6. The number of amides is 1. The number of rotatable bonds is 9. The molecule has 0 aromatic heterocycles. The lowest BCUT2D eigenvalue weighted by molar-refractivity contribution is -0.128. The molecule has 2 fully saturated rings. The molecule has 0 bridgehead atoms. The van der Waals surface area contributed by atoms with E-state index in [4.69, 9.17) is 5.11 Å². The second kappa shape index (κ2) is 8.91. The highest BCUT2D eigenvalue weighted by Gasteiger charge is 2.41. The van der Waals surface area contributed by atoms with Crippen LogP contribution in [0.1, 0.15) is 67.8 Å². The van der Waals surface area contributed by atoms with E-state index in [0.29, 0.717) is 19.4 Å². The van der Waals surface area contributed by atoms with Crippen LogP contribution in [-0.4, -0.2) is 45.7 Å². The van der Waals surface area contributed by atoms with Gasteiger partial charge < -0.3 is 15.1 Å². The van der Waals surface area contributed by atoms with Gasteiger partial charge in [0.2, 0.25) is 5.91 Å². The lowest BCUT2D eigenvalue weighted by Gasteiger charge is -2.45. The first-order valence-corrected chi connectivity index (χ1v) is 10.4. The number of carbonyl (C=O) groups is 2. The van der Waals surface area contributed by atoms with Gasteiger partial charge in [0.25, 0.3) is 0 Å². The van der Waals surface area contributed by atoms with E-state index in [2.05, 4.69) is 6.92 Å². The Balaban J connectivity index is 1.59. The van der Waals surface area contributed by atoms with Gasteiger partial charge in [-0.3, -0.25) is 4.79 Å². The highest BCUT2D eigenvalue weighted by atomic mass is 16.4. The quantitative estimate of drug-likeness (QED) is 0.634. The summed E-state index contributed by atoms with van der Waals surface area (Å²) < 4.78 is 0. The number of hydrogen-bond acceptors (Lipinski definition) is 3. The van der Waals surface area contributed by atoms with E-state index < -0.39 is 12.1 Å². The molecule has 1 aromatic rings. The molecular formula is C23H31NO4. The maximum absolute atomic E-state index is 12.3. The number of carbonyl (C=O) groups excluding carboxylic acids is 1. The predicted octanol–water partition coefficient (Wildman–Crippen LogP) is 3.81. The SMILES string of the molecule is CCCC1(C(O)C=CC2CCC(=O)N2CCc2ccc(C(=O)O)cc2)CCC1. The summed E-state index contributed by atoms with van der Waals surface area (Å²) in [4.78, 5) is 25.2.